The van der Waals surface area contributed by atoms with Gasteiger partial charge in [0.2, 0.25) is 0 Å². The minimum absolute atomic E-state index is 0.244. The highest BCUT2D eigenvalue weighted by Gasteiger charge is 2.04. The maximum atomic E-state index is 12.9. The van der Waals surface area contributed by atoms with Gasteiger partial charge in [0.25, 0.3) is 0 Å². The lowest BCUT2D eigenvalue weighted by atomic mass is 10.1. The molecule has 0 atom stereocenters. The van der Waals surface area contributed by atoms with Crippen LogP contribution in [0.3, 0.4) is 0 Å². The summed E-state index contributed by atoms with van der Waals surface area (Å²) >= 11 is 0. The van der Waals surface area contributed by atoms with E-state index in [0.717, 1.165) is 12.0 Å². The van der Waals surface area contributed by atoms with Crippen LogP contribution in [-0.4, -0.2) is 22.8 Å². The molecule has 0 aliphatic heterocycles. The Balaban J connectivity index is 1.45. The zero-order chi connectivity index (χ0) is 18.2. The molecule has 1 heterocycles. The molecular formula is C19H18FN5O. The third kappa shape index (κ3) is 5.27. The lowest BCUT2D eigenvalue weighted by Crippen LogP contribution is -2.20. The van der Waals surface area contributed by atoms with E-state index in [1.807, 2.05) is 18.2 Å². The molecule has 0 saturated carbocycles. The van der Waals surface area contributed by atoms with Crippen LogP contribution in [-0.2, 0) is 6.42 Å². The Kier molecular flexibility index (Phi) is 5.72. The number of carbonyl (C=O) groups is 1. The number of halogens is 1. The second kappa shape index (κ2) is 8.57. The SMILES string of the molecule is O=C(Nc1ccccc1)Nc1ccc(NCCc2ccc(F)cc2)nn1. The highest BCUT2D eigenvalue weighted by molar-refractivity contribution is 5.99. The maximum Gasteiger partial charge on any atom is 0.324 e. The molecule has 3 rings (SSSR count). The fourth-order valence-corrected chi connectivity index (χ4v) is 2.28. The zero-order valence-corrected chi connectivity index (χ0v) is 13.9. The number of hydrogen-bond donors (Lipinski definition) is 3. The Hall–Kier alpha value is -3.48. The molecule has 3 N–H and O–H groups in total. The first kappa shape index (κ1) is 17.3. The number of carbonyl (C=O) groups excluding carboxylic acids is 1. The van der Waals surface area contributed by atoms with Gasteiger partial charge in [-0.1, -0.05) is 30.3 Å². The van der Waals surface area contributed by atoms with Crippen molar-refractivity contribution in [3.8, 4) is 0 Å². The van der Waals surface area contributed by atoms with Gasteiger partial charge in [0.05, 0.1) is 0 Å². The summed E-state index contributed by atoms with van der Waals surface area (Å²) < 4.78 is 12.9. The molecule has 0 aliphatic rings. The molecule has 132 valence electrons. The molecule has 0 spiro atoms. The minimum atomic E-state index is -0.387. The van der Waals surface area contributed by atoms with E-state index in [9.17, 15) is 9.18 Å². The van der Waals surface area contributed by atoms with Gasteiger partial charge in [0.15, 0.2) is 5.82 Å². The monoisotopic (exact) mass is 351 g/mol. The molecule has 2 aromatic carbocycles. The summed E-state index contributed by atoms with van der Waals surface area (Å²) in [4.78, 5) is 11.9. The summed E-state index contributed by atoms with van der Waals surface area (Å²) in [6.07, 6.45) is 0.738. The number of amides is 2. The normalized spacial score (nSPS) is 10.2. The second-order valence-electron chi connectivity index (χ2n) is 5.55. The molecule has 0 fully saturated rings. The largest absolute Gasteiger partial charge is 0.368 e. The van der Waals surface area contributed by atoms with Crippen LogP contribution >= 0.6 is 0 Å². The van der Waals surface area contributed by atoms with Crippen molar-refractivity contribution >= 4 is 23.4 Å². The molecule has 3 aromatic rings. The van der Waals surface area contributed by atoms with Crippen LogP contribution in [0, 0.1) is 5.82 Å². The molecule has 0 saturated heterocycles. The first-order chi connectivity index (χ1) is 12.7. The predicted molar refractivity (Wildman–Crippen MR) is 99.7 cm³/mol. The van der Waals surface area contributed by atoms with Gasteiger partial charge in [0.1, 0.15) is 11.6 Å². The molecular weight excluding hydrogens is 333 g/mol. The third-order valence-electron chi connectivity index (χ3n) is 3.57. The van der Waals surface area contributed by atoms with Gasteiger partial charge < -0.3 is 10.6 Å². The predicted octanol–water partition coefficient (Wildman–Crippen LogP) is 3.91. The molecule has 0 radical (unpaired) electrons. The lowest BCUT2D eigenvalue weighted by molar-refractivity contribution is 0.262. The fraction of sp³-hybridized carbons (Fsp3) is 0.105. The number of nitrogens with one attached hydrogen (secondary N) is 3. The molecule has 0 aliphatic carbocycles. The topological polar surface area (TPSA) is 78.9 Å². The lowest BCUT2D eigenvalue weighted by Gasteiger charge is -2.08. The average Bonchev–Trinajstić information content (AvgIpc) is 2.65. The number of para-hydroxylation sites is 1. The number of nitrogens with zero attached hydrogens (tertiary/aromatic N) is 2. The minimum Gasteiger partial charge on any atom is -0.368 e. The summed E-state index contributed by atoms with van der Waals surface area (Å²) in [6, 6.07) is 18.5. The van der Waals surface area contributed by atoms with Gasteiger partial charge in [-0.15, -0.1) is 10.2 Å². The van der Waals surface area contributed by atoms with Crippen LogP contribution < -0.4 is 16.0 Å². The van der Waals surface area contributed by atoms with E-state index in [1.165, 1.54) is 12.1 Å². The van der Waals surface area contributed by atoms with Crippen molar-refractivity contribution in [3.05, 3.63) is 78.1 Å². The molecule has 6 nitrogen and oxygen atoms in total. The molecule has 0 unspecified atom stereocenters. The molecule has 7 heteroatoms. The van der Waals surface area contributed by atoms with Crippen molar-refractivity contribution < 1.29 is 9.18 Å². The van der Waals surface area contributed by atoms with Crippen LogP contribution in [0.15, 0.2) is 66.7 Å². The summed E-state index contributed by atoms with van der Waals surface area (Å²) in [5.74, 6) is 0.704. The standard InChI is InChI=1S/C19H18FN5O/c20-15-8-6-14(7-9-15)12-13-21-17-10-11-18(25-24-17)23-19(26)22-16-4-2-1-3-5-16/h1-11H,12-13H2,(H,21,24)(H2,22,23,25,26). The van der Waals surface area contributed by atoms with Gasteiger partial charge in [0, 0.05) is 12.2 Å². The average molecular weight is 351 g/mol. The number of aromatic nitrogens is 2. The second-order valence-corrected chi connectivity index (χ2v) is 5.55. The van der Waals surface area contributed by atoms with E-state index in [-0.39, 0.29) is 11.8 Å². The van der Waals surface area contributed by atoms with Gasteiger partial charge in [-0.2, -0.15) is 0 Å². The summed E-state index contributed by atoms with van der Waals surface area (Å²) in [5.41, 5.74) is 1.72. The van der Waals surface area contributed by atoms with Gasteiger partial charge in [-0.05, 0) is 48.4 Å². The van der Waals surface area contributed by atoms with Crippen molar-refractivity contribution in [3.63, 3.8) is 0 Å². The van der Waals surface area contributed by atoms with Crippen molar-refractivity contribution in [1.29, 1.82) is 0 Å². The van der Waals surface area contributed by atoms with E-state index in [1.54, 1.807) is 36.4 Å². The van der Waals surface area contributed by atoms with Crippen LogP contribution in [0.2, 0.25) is 0 Å². The summed E-state index contributed by atoms with van der Waals surface area (Å²) in [5, 5.41) is 16.4. The molecule has 1 aromatic heterocycles. The van der Waals surface area contributed by atoms with Crippen molar-refractivity contribution in [2.45, 2.75) is 6.42 Å². The van der Waals surface area contributed by atoms with Crippen LogP contribution in [0.1, 0.15) is 5.56 Å². The Bertz CT molecular complexity index is 838. The quantitative estimate of drug-likeness (QED) is 0.629. The molecule has 0 bridgehead atoms. The first-order valence-corrected chi connectivity index (χ1v) is 8.14. The number of urea groups is 1. The number of anilines is 3. The van der Waals surface area contributed by atoms with Crippen molar-refractivity contribution in [2.75, 3.05) is 22.5 Å². The number of rotatable bonds is 6. The summed E-state index contributed by atoms with van der Waals surface area (Å²) in [7, 11) is 0. The van der Waals surface area contributed by atoms with E-state index in [0.29, 0.717) is 23.9 Å². The van der Waals surface area contributed by atoms with Crippen LogP contribution in [0.25, 0.3) is 0 Å². The van der Waals surface area contributed by atoms with E-state index in [4.69, 9.17) is 0 Å². The van der Waals surface area contributed by atoms with Gasteiger partial charge >= 0.3 is 6.03 Å². The van der Waals surface area contributed by atoms with Gasteiger partial charge in [-0.25, -0.2) is 9.18 Å². The highest BCUT2D eigenvalue weighted by Crippen LogP contribution is 2.09. The third-order valence-corrected chi connectivity index (χ3v) is 3.57. The first-order valence-electron chi connectivity index (χ1n) is 8.14. The van der Waals surface area contributed by atoms with Crippen molar-refractivity contribution in [1.82, 2.24) is 10.2 Å². The van der Waals surface area contributed by atoms with Gasteiger partial charge in [-0.3, -0.25) is 5.32 Å². The fourth-order valence-electron chi connectivity index (χ4n) is 2.28. The van der Waals surface area contributed by atoms with Crippen molar-refractivity contribution in [2.24, 2.45) is 0 Å². The Morgan fingerprint density at radius 1 is 0.846 bits per heavy atom. The molecule has 2 amide bonds. The Morgan fingerprint density at radius 3 is 2.23 bits per heavy atom. The number of hydrogen-bond acceptors (Lipinski definition) is 4. The highest BCUT2D eigenvalue weighted by atomic mass is 19.1. The Morgan fingerprint density at radius 2 is 1.54 bits per heavy atom. The van der Waals surface area contributed by atoms with E-state index < -0.39 is 0 Å². The molecule has 26 heavy (non-hydrogen) atoms. The number of benzene rings is 2. The summed E-state index contributed by atoms with van der Waals surface area (Å²) in [6.45, 7) is 0.640. The maximum absolute atomic E-state index is 12.9. The van der Waals surface area contributed by atoms with E-state index in [2.05, 4.69) is 26.1 Å². The van der Waals surface area contributed by atoms with Crippen LogP contribution in [0.4, 0.5) is 26.5 Å². The Labute approximate surface area is 150 Å². The van der Waals surface area contributed by atoms with E-state index >= 15 is 0 Å². The zero-order valence-electron chi connectivity index (χ0n) is 13.9. The smallest absolute Gasteiger partial charge is 0.324 e. The van der Waals surface area contributed by atoms with Crippen LogP contribution in [0.5, 0.6) is 0 Å².